The summed E-state index contributed by atoms with van der Waals surface area (Å²) >= 11 is 0. The fourth-order valence-corrected chi connectivity index (χ4v) is 2.93. The van der Waals surface area contributed by atoms with Crippen LogP contribution in [0.1, 0.15) is 57.1 Å². The van der Waals surface area contributed by atoms with Crippen LogP contribution in [-0.2, 0) is 12.8 Å². The number of hydrogen-bond acceptors (Lipinski definition) is 4. The summed E-state index contributed by atoms with van der Waals surface area (Å²) in [4.78, 5) is 9.14. The molecule has 1 aliphatic carbocycles. The quantitative estimate of drug-likeness (QED) is 0.888. The SMILES string of the molecule is Cc1nc2c(c(NC(CO)CC(C)(C)C)n1)CCCC2. The molecule has 0 amide bonds. The van der Waals surface area contributed by atoms with E-state index in [1.165, 1.54) is 24.1 Å². The summed E-state index contributed by atoms with van der Waals surface area (Å²) < 4.78 is 0. The maximum Gasteiger partial charge on any atom is 0.133 e. The second-order valence-corrected chi connectivity index (χ2v) is 7.04. The minimum Gasteiger partial charge on any atom is -0.394 e. The number of anilines is 1. The number of hydrogen-bond donors (Lipinski definition) is 2. The lowest BCUT2D eigenvalue weighted by Gasteiger charge is -2.27. The molecule has 0 aliphatic heterocycles. The average molecular weight is 277 g/mol. The van der Waals surface area contributed by atoms with Crippen LogP contribution in [0.25, 0.3) is 0 Å². The van der Waals surface area contributed by atoms with Crippen LogP contribution in [0.15, 0.2) is 0 Å². The zero-order valence-corrected chi connectivity index (χ0v) is 13.2. The van der Waals surface area contributed by atoms with Crippen molar-refractivity contribution in [3.05, 3.63) is 17.1 Å². The van der Waals surface area contributed by atoms with Gasteiger partial charge in [0.15, 0.2) is 0 Å². The predicted octanol–water partition coefficient (Wildman–Crippen LogP) is 2.87. The topological polar surface area (TPSA) is 58.0 Å². The third kappa shape index (κ3) is 3.92. The molecule has 1 aromatic rings. The molecule has 1 atom stereocenters. The van der Waals surface area contributed by atoms with Crippen molar-refractivity contribution in [2.24, 2.45) is 5.41 Å². The first-order valence-electron chi connectivity index (χ1n) is 7.63. The number of fused-ring (bicyclic) bond motifs is 1. The monoisotopic (exact) mass is 277 g/mol. The summed E-state index contributed by atoms with van der Waals surface area (Å²) in [5.74, 6) is 1.76. The van der Waals surface area contributed by atoms with Gasteiger partial charge in [0.2, 0.25) is 0 Å². The molecule has 2 N–H and O–H groups in total. The lowest BCUT2D eigenvalue weighted by atomic mass is 9.88. The van der Waals surface area contributed by atoms with E-state index in [9.17, 15) is 5.11 Å². The number of aryl methyl sites for hydroxylation is 2. The summed E-state index contributed by atoms with van der Waals surface area (Å²) in [7, 11) is 0. The molecule has 1 aromatic heterocycles. The van der Waals surface area contributed by atoms with Crippen molar-refractivity contribution in [1.29, 1.82) is 0 Å². The van der Waals surface area contributed by atoms with Crippen molar-refractivity contribution >= 4 is 5.82 Å². The molecular formula is C16H27N3O. The minimum atomic E-state index is 0.0512. The van der Waals surface area contributed by atoms with E-state index in [0.717, 1.165) is 30.9 Å². The third-order valence-corrected chi connectivity index (χ3v) is 3.71. The molecule has 2 rings (SSSR count). The molecule has 4 heteroatoms. The van der Waals surface area contributed by atoms with E-state index >= 15 is 0 Å². The zero-order chi connectivity index (χ0) is 14.8. The van der Waals surface area contributed by atoms with Crippen molar-refractivity contribution in [3.8, 4) is 0 Å². The van der Waals surface area contributed by atoms with Crippen LogP contribution in [0.3, 0.4) is 0 Å². The Labute approximate surface area is 122 Å². The second kappa shape index (κ2) is 6.08. The Balaban J connectivity index is 2.21. The van der Waals surface area contributed by atoms with Gasteiger partial charge >= 0.3 is 0 Å². The molecule has 20 heavy (non-hydrogen) atoms. The van der Waals surface area contributed by atoms with E-state index in [-0.39, 0.29) is 18.1 Å². The molecule has 0 aromatic carbocycles. The number of nitrogens with one attached hydrogen (secondary N) is 1. The number of aromatic nitrogens is 2. The zero-order valence-electron chi connectivity index (χ0n) is 13.2. The van der Waals surface area contributed by atoms with Gasteiger partial charge in [0.25, 0.3) is 0 Å². The summed E-state index contributed by atoms with van der Waals surface area (Å²) in [6.07, 6.45) is 5.44. The van der Waals surface area contributed by atoms with E-state index in [1.807, 2.05) is 6.92 Å². The number of nitrogens with zero attached hydrogens (tertiary/aromatic N) is 2. The van der Waals surface area contributed by atoms with Crippen molar-refractivity contribution in [3.63, 3.8) is 0 Å². The second-order valence-electron chi connectivity index (χ2n) is 7.04. The molecule has 0 radical (unpaired) electrons. The van der Waals surface area contributed by atoms with E-state index in [2.05, 4.69) is 36.1 Å². The van der Waals surface area contributed by atoms with Gasteiger partial charge < -0.3 is 10.4 Å². The Morgan fingerprint density at radius 1 is 1.20 bits per heavy atom. The molecule has 1 aliphatic rings. The van der Waals surface area contributed by atoms with Crippen LogP contribution < -0.4 is 5.32 Å². The Bertz CT molecular complexity index is 466. The van der Waals surface area contributed by atoms with E-state index in [1.54, 1.807) is 0 Å². The Morgan fingerprint density at radius 2 is 1.90 bits per heavy atom. The van der Waals surface area contributed by atoms with Crippen LogP contribution >= 0.6 is 0 Å². The van der Waals surface area contributed by atoms with Gasteiger partial charge in [-0.05, 0) is 44.4 Å². The molecule has 1 unspecified atom stereocenters. The first-order valence-corrected chi connectivity index (χ1v) is 7.63. The van der Waals surface area contributed by atoms with Gasteiger partial charge in [0.05, 0.1) is 12.6 Å². The standard InChI is InChI=1S/C16H27N3O/c1-11-17-14-8-6-5-7-13(14)15(18-11)19-12(10-20)9-16(2,3)4/h12,20H,5-10H2,1-4H3,(H,17,18,19). The minimum absolute atomic E-state index is 0.0512. The molecule has 0 bridgehead atoms. The maximum absolute atomic E-state index is 9.62. The maximum atomic E-state index is 9.62. The lowest BCUT2D eigenvalue weighted by Crippen LogP contribution is -2.30. The smallest absolute Gasteiger partial charge is 0.133 e. The van der Waals surface area contributed by atoms with Crippen molar-refractivity contribution < 1.29 is 5.11 Å². The fraction of sp³-hybridized carbons (Fsp3) is 0.750. The van der Waals surface area contributed by atoms with E-state index < -0.39 is 0 Å². The number of aliphatic hydroxyl groups is 1. The molecular weight excluding hydrogens is 250 g/mol. The molecule has 0 saturated carbocycles. The van der Waals surface area contributed by atoms with Crippen LogP contribution in [-0.4, -0.2) is 27.7 Å². The normalized spacial score (nSPS) is 16.6. The largest absolute Gasteiger partial charge is 0.394 e. The van der Waals surface area contributed by atoms with Gasteiger partial charge in [-0.15, -0.1) is 0 Å². The summed E-state index contributed by atoms with van der Waals surface area (Å²) in [5, 5.41) is 13.1. The van der Waals surface area contributed by atoms with Crippen molar-refractivity contribution in [2.75, 3.05) is 11.9 Å². The van der Waals surface area contributed by atoms with Gasteiger partial charge in [0.1, 0.15) is 11.6 Å². The first kappa shape index (κ1) is 15.2. The molecule has 112 valence electrons. The Hall–Kier alpha value is -1.16. The number of rotatable bonds is 4. The molecule has 4 nitrogen and oxygen atoms in total. The van der Waals surface area contributed by atoms with E-state index in [4.69, 9.17) is 0 Å². The lowest BCUT2D eigenvalue weighted by molar-refractivity contribution is 0.233. The van der Waals surface area contributed by atoms with Crippen molar-refractivity contribution in [2.45, 2.75) is 65.8 Å². The third-order valence-electron chi connectivity index (χ3n) is 3.71. The number of aliphatic hydroxyl groups excluding tert-OH is 1. The highest BCUT2D eigenvalue weighted by atomic mass is 16.3. The highest BCUT2D eigenvalue weighted by Crippen LogP contribution is 2.28. The van der Waals surface area contributed by atoms with Gasteiger partial charge in [-0.1, -0.05) is 20.8 Å². The first-order chi connectivity index (χ1) is 9.39. The van der Waals surface area contributed by atoms with Gasteiger partial charge in [0, 0.05) is 11.3 Å². The average Bonchev–Trinajstić information content (AvgIpc) is 2.36. The van der Waals surface area contributed by atoms with Crippen LogP contribution in [0.5, 0.6) is 0 Å². The fourth-order valence-electron chi connectivity index (χ4n) is 2.93. The molecule has 1 heterocycles. The van der Waals surface area contributed by atoms with Crippen LogP contribution in [0.4, 0.5) is 5.82 Å². The van der Waals surface area contributed by atoms with Crippen molar-refractivity contribution in [1.82, 2.24) is 9.97 Å². The summed E-state index contributed by atoms with van der Waals surface area (Å²) in [5.41, 5.74) is 2.63. The van der Waals surface area contributed by atoms with E-state index in [0.29, 0.717) is 0 Å². The molecule has 0 spiro atoms. The van der Waals surface area contributed by atoms with Gasteiger partial charge in [-0.2, -0.15) is 0 Å². The summed E-state index contributed by atoms with van der Waals surface area (Å²) in [6, 6.07) is 0.0512. The van der Waals surface area contributed by atoms with Crippen LogP contribution in [0.2, 0.25) is 0 Å². The van der Waals surface area contributed by atoms with Gasteiger partial charge in [-0.25, -0.2) is 9.97 Å². The molecule has 0 saturated heterocycles. The predicted molar refractivity (Wildman–Crippen MR) is 82.0 cm³/mol. The highest BCUT2D eigenvalue weighted by Gasteiger charge is 2.22. The van der Waals surface area contributed by atoms with Crippen LogP contribution in [0, 0.1) is 12.3 Å². The highest BCUT2D eigenvalue weighted by molar-refractivity contribution is 5.48. The Kier molecular flexibility index (Phi) is 4.63. The summed E-state index contributed by atoms with van der Waals surface area (Å²) in [6.45, 7) is 8.65. The Morgan fingerprint density at radius 3 is 2.55 bits per heavy atom. The van der Waals surface area contributed by atoms with Gasteiger partial charge in [-0.3, -0.25) is 0 Å². The molecule has 0 fully saturated rings.